The van der Waals surface area contributed by atoms with E-state index in [1.807, 2.05) is 13.8 Å². The first-order chi connectivity index (χ1) is 8.51. The van der Waals surface area contributed by atoms with Crippen LogP contribution in [-0.2, 0) is 19.1 Å². The van der Waals surface area contributed by atoms with Crippen molar-refractivity contribution in [3.05, 3.63) is 0 Å². The maximum atomic E-state index is 11.7. The topological polar surface area (TPSA) is 52.6 Å². The summed E-state index contributed by atoms with van der Waals surface area (Å²) in [5.74, 6) is -0.638. The van der Waals surface area contributed by atoms with Crippen molar-refractivity contribution in [2.75, 3.05) is 13.2 Å². The Balaban J connectivity index is 4.21. The maximum Gasteiger partial charge on any atom is 0.309 e. The van der Waals surface area contributed by atoms with Crippen molar-refractivity contribution in [2.24, 2.45) is 11.8 Å². The lowest BCUT2D eigenvalue weighted by Gasteiger charge is -2.15. The highest BCUT2D eigenvalue weighted by Gasteiger charge is 2.23. The second-order valence-electron chi connectivity index (χ2n) is 4.87. The largest absolute Gasteiger partial charge is 0.466 e. The number of ether oxygens (including phenoxy) is 2. The summed E-state index contributed by atoms with van der Waals surface area (Å²) in [6, 6.07) is 0. The van der Waals surface area contributed by atoms with E-state index in [2.05, 4.69) is 6.92 Å². The molecule has 0 heterocycles. The van der Waals surface area contributed by atoms with Gasteiger partial charge in [0.1, 0.15) is 0 Å². The molecule has 106 valence electrons. The molecule has 0 saturated carbocycles. The molecule has 0 aromatic heterocycles. The van der Waals surface area contributed by atoms with Gasteiger partial charge in [0.05, 0.1) is 25.6 Å². The first kappa shape index (κ1) is 16.9. The van der Waals surface area contributed by atoms with Crippen LogP contribution >= 0.6 is 0 Å². The number of carbonyl (C=O) groups excluding carboxylic acids is 2. The maximum absolute atomic E-state index is 11.7. The van der Waals surface area contributed by atoms with Crippen LogP contribution in [0.1, 0.15) is 53.4 Å². The second-order valence-corrected chi connectivity index (χ2v) is 4.87. The number of rotatable bonds is 9. The molecular weight excluding hydrogens is 232 g/mol. The van der Waals surface area contributed by atoms with E-state index in [0.717, 1.165) is 12.8 Å². The van der Waals surface area contributed by atoms with Crippen LogP contribution < -0.4 is 0 Å². The zero-order valence-corrected chi connectivity index (χ0v) is 12.0. The molecule has 18 heavy (non-hydrogen) atoms. The minimum absolute atomic E-state index is 0.131. The lowest BCUT2D eigenvalue weighted by atomic mass is 9.99. The van der Waals surface area contributed by atoms with Crippen molar-refractivity contribution >= 4 is 11.9 Å². The molecule has 1 atom stereocenters. The van der Waals surface area contributed by atoms with Crippen LogP contribution in [0.2, 0.25) is 0 Å². The van der Waals surface area contributed by atoms with Crippen LogP contribution in [0.3, 0.4) is 0 Å². The van der Waals surface area contributed by atoms with E-state index < -0.39 is 0 Å². The fourth-order valence-electron chi connectivity index (χ4n) is 1.53. The fourth-order valence-corrected chi connectivity index (χ4v) is 1.53. The molecular formula is C14H26O4. The SMILES string of the molecule is CCCCC(CC(=O)OCC(C)C)C(=O)OCC. The number of unbranched alkanes of at least 4 members (excludes halogenated alkanes) is 1. The summed E-state index contributed by atoms with van der Waals surface area (Å²) in [4.78, 5) is 23.3. The number of carbonyl (C=O) groups is 2. The Morgan fingerprint density at radius 1 is 1.11 bits per heavy atom. The molecule has 0 rings (SSSR count). The van der Waals surface area contributed by atoms with Crippen molar-refractivity contribution in [3.8, 4) is 0 Å². The fraction of sp³-hybridized carbons (Fsp3) is 0.857. The van der Waals surface area contributed by atoms with E-state index >= 15 is 0 Å². The molecule has 0 bridgehead atoms. The molecule has 0 saturated heterocycles. The second kappa shape index (κ2) is 9.92. The lowest BCUT2D eigenvalue weighted by molar-refractivity contribution is -0.155. The molecule has 0 radical (unpaired) electrons. The van der Waals surface area contributed by atoms with E-state index in [9.17, 15) is 9.59 Å². The Hall–Kier alpha value is -1.06. The molecule has 4 heteroatoms. The molecule has 0 amide bonds. The zero-order valence-electron chi connectivity index (χ0n) is 12.0. The monoisotopic (exact) mass is 258 g/mol. The van der Waals surface area contributed by atoms with Gasteiger partial charge >= 0.3 is 11.9 Å². The highest BCUT2D eigenvalue weighted by atomic mass is 16.5. The van der Waals surface area contributed by atoms with Crippen LogP contribution in [0, 0.1) is 11.8 Å². The molecule has 0 N–H and O–H groups in total. The summed E-state index contributed by atoms with van der Waals surface area (Å²) in [6.07, 6.45) is 2.73. The van der Waals surface area contributed by atoms with Crippen molar-refractivity contribution in [1.82, 2.24) is 0 Å². The molecule has 0 fully saturated rings. The molecule has 0 aliphatic carbocycles. The average Bonchev–Trinajstić information content (AvgIpc) is 2.32. The molecule has 4 nitrogen and oxygen atoms in total. The molecule has 0 aliphatic rings. The van der Waals surface area contributed by atoms with Gasteiger partial charge in [-0.1, -0.05) is 33.6 Å². The number of esters is 2. The van der Waals surface area contributed by atoms with Gasteiger partial charge in [-0.2, -0.15) is 0 Å². The molecule has 1 unspecified atom stereocenters. The summed E-state index contributed by atoms with van der Waals surface area (Å²) in [6.45, 7) is 8.54. The van der Waals surface area contributed by atoms with Crippen LogP contribution in [0.5, 0.6) is 0 Å². The average molecular weight is 258 g/mol. The van der Waals surface area contributed by atoms with Gasteiger partial charge in [-0.15, -0.1) is 0 Å². The minimum Gasteiger partial charge on any atom is -0.466 e. The molecule has 0 aromatic rings. The Labute approximate surface area is 110 Å². The van der Waals surface area contributed by atoms with Crippen molar-refractivity contribution < 1.29 is 19.1 Å². The van der Waals surface area contributed by atoms with Crippen molar-refractivity contribution in [3.63, 3.8) is 0 Å². The van der Waals surface area contributed by atoms with Gasteiger partial charge < -0.3 is 9.47 Å². The summed E-state index contributed by atoms with van der Waals surface area (Å²) >= 11 is 0. The highest BCUT2D eigenvalue weighted by Crippen LogP contribution is 2.16. The van der Waals surface area contributed by atoms with Crippen LogP contribution in [0.4, 0.5) is 0 Å². The Bertz CT molecular complexity index is 248. The van der Waals surface area contributed by atoms with E-state index in [1.165, 1.54) is 0 Å². The third-order valence-electron chi connectivity index (χ3n) is 2.52. The quantitative estimate of drug-likeness (QED) is 0.597. The zero-order chi connectivity index (χ0) is 14.0. The lowest BCUT2D eigenvalue weighted by Crippen LogP contribution is -2.23. The van der Waals surface area contributed by atoms with Gasteiger partial charge in [-0.25, -0.2) is 0 Å². The Morgan fingerprint density at radius 3 is 2.28 bits per heavy atom. The summed E-state index contributed by atoms with van der Waals surface area (Å²) in [5, 5.41) is 0. The van der Waals surface area contributed by atoms with E-state index in [1.54, 1.807) is 6.92 Å². The molecule has 0 aliphatic heterocycles. The van der Waals surface area contributed by atoms with Gasteiger partial charge in [-0.05, 0) is 19.3 Å². The highest BCUT2D eigenvalue weighted by molar-refractivity contribution is 5.79. The van der Waals surface area contributed by atoms with Gasteiger partial charge in [-0.3, -0.25) is 9.59 Å². The number of hydrogen-bond acceptors (Lipinski definition) is 4. The Morgan fingerprint density at radius 2 is 1.78 bits per heavy atom. The van der Waals surface area contributed by atoms with E-state index in [4.69, 9.17) is 9.47 Å². The third-order valence-corrected chi connectivity index (χ3v) is 2.52. The Kier molecular flexibility index (Phi) is 9.33. The third kappa shape index (κ3) is 8.09. The normalized spacial score (nSPS) is 12.3. The summed E-state index contributed by atoms with van der Waals surface area (Å²) in [7, 11) is 0. The van der Waals surface area contributed by atoms with E-state index in [0.29, 0.717) is 25.6 Å². The predicted molar refractivity (Wildman–Crippen MR) is 70.1 cm³/mol. The summed E-state index contributed by atoms with van der Waals surface area (Å²) < 4.78 is 10.1. The van der Waals surface area contributed by atoms with E-state index in [-0.39, 0.29) is 24.3 Å². The van der Waals surface area contributed by atoms with Crippen LogP contribution in [0.15, 0.2) is 0 Å². The van der Waals surface area contributed by atoms with Crippen molar-refractivity contribution in [2.45, 2.75) is 53.4 Å². The van der Waals surface area contributed by atoms with Crippen LogP contribution in [-0.4, -0.2) is 25.2 Å². The molecule has 0 spiro atoms. The van der Waals surface area contributed by atoms with Crippen LogP contribution in [0.25, 0.3) is 0 Å². The first-order valence-corrected chi connectivity index (χ1v) is 6.83. The van der Waals surface area contributed by atoms with Gasteiger partial charge in [0, 0.05) is 0 Å². The van der Waals surface area contributed by atoms with Crippen molar-refractivity contribution in [1.29, 1.82) is 0 Å². The molecule has 0 aromatic carbocycles. The standard InChI is InChI=1S/C14H26O4/c1-5-7-8-12(14(16)17-6-2)9-13(15)18-10-11(3)4/h11-12H,5-10H2,1-4H3. The van der Waals surface area contributed by atoms with Gasteiger partial charge in [0.25, 0.3) is 0 Å². The smallest absolute Gasteiger partial charge is 0.309 e. The van der Waals surface area contributed by atoms with Gasteiger partial charge in [0.2, 0.25) is 0 Å². The minimum atomic E-state index is -0.357. The number of hydrogen-bond donors (Lipinski definition) is 0. The van der Waals surface area contributed by atoms with Gasteiger partial charge in [0.15, 0.2) is 0 Å². The summed E-state index contributed by atoms with van der Waals surface area (Å²) in [5.41, 5.74) is 0. The first-order valence-electron chi connectivity index (χ1n) is 6.83. The predicted octanol–water partition coefficient (Wildman–Crippen LogP) is 2.95.